The standard InChI is InChI=1S/C16H23N7.HI/c1-17-16(19-10-8-13-6-2-4-9-18-13)20-12-15-22-21-14-7-3-5-11-23(14)15;/h2,4,6,9H,3,5,7-8,10-12H2,1H3,(H2,17,19,20);1H. The van der Waals surface area contributed by atoms with Gasteiger partial charge >= 0.3 is 0 Å². The van der Waals surface area contributed by atoms with E-state index in [0.717, 1.165) is 49.2 Å². The molecule has 3 rings (SSSR count). The van der Waals surface area contributed by atoms with Crippen molar-refractivity contribution in [1.82, 2.24) is 30.4 Å². The zero-order valence-corrected chi connectivity index (χ0v) is 16.2. The number of halogens is 1. The fourth-order valence-corrected chi connectivity index (χ4v) is 2.74. The van der Waals surface area contributed by atoms with Gasteiger partial charge in [0.05, 0.1) is 6.54 Å². The minimum atomic E-state index is 0. The number of nitrogens with one attached hydrogen (secondary N) is 2. The molecule has 2 N–H and O–H groups in total. The first-order chi connectivity index (χ1) is 11.4. The normalized spacial score (nSPS) is 13.8. The molecule has 0 spiro atoms. The Morgan fingerprint density at radius 2 is 2.17 bits per heavy atom. The minimum Gasteiger partial charge on any atom is -0.356 e. The van der Waals surface area contributed by atoms with Gasteiger partial charge in [0.15, 0.2) is 11.8 Å². The van der Waals surface area contributed by atoms with Crippen molar-refractivity contribution >= 4 is 29.9 Å². The summed E-state index contributed by atoms with van der Waals surface area (Å²) in [6, 6.07) is 5.96. The Labute approximate surface area is 159 Å². The van der Waals surface area contributed by atoms with Crippen LogP contribution in [0.4, 0.5) is 0 Å². The number of aryl methyl sites for hydroxylation is 1. The van der Waals surface area contributed by atoms with Crippen molar-refractivity contribution in [3.05, 3.63) is 41.7 Å². The molecule has 8 heteroatoms. The summed E-state index contributed by atoms with van der Waals surface area (Å²) in [5, 5.41) is 15.2. The Balaban J connectivity index is 0.00000208. The highest BCUT2D eigenvalue weighted by Gasteiger charge is 2.15. The third-order valence-corrected chi connectivity index (χ3v) is 3.97. The van der Waals surface area contributed by atoms with Crippen molar-refractivity contribution in [1.29, 1.82) is 0 Å². The first-order valence-corrected chi connectivity index (χ1v) is 8.12. The molecule has 24 heavy (non-hydrogen) atoms. The van der Waals surface area contributed by atoms with Crippen LogP contribution in [0.5, 0.6) is 0 Å². The molecule has 2 aromatic rings. The maximum Gasteiger partial charge on any atom is 0.191 e. The summed E-state index contributed by atoms with van der Waals surface area (Å²) in [5.41, 5.74) is 1.07. The molecule has 0 atom stereocenters. The number of nitrogens with zero attached hydrogens (tertiary/aromatic N) is 5. The van der Waals surface area contributed by atoms with Gasteiger partial charge in [-0.05, 0) is 25.0 Å². The van der Waals surface area contributed by atoms with Crippen LogP contribution in [-0.4, -0.2) is 39.3 Å². The van der Waals surface area contributed by atoms with Crippen LogP contribution in [0.2, 0.25) is 0 Å². The number of hydrogen-bond acceptors (Lipinski definition) is 4. The van der Waals surface area contributed by atoms with Gasteiger partial charge in [0, 0.05) is 44.9 Å². The van der Waals surface area contributed by atoms with Crippen molar-refractivity contribution in [2.45, 2.75) is 38.8 Å². The molecular weight excluding hydrogens is 417 g/mol. The largest absolute Gasteiger partial charge is 0.356 e. The predicted octanol–water partition coefficient (Wildman–Crippen LogP) is 1.54. The van der Waals surface area contributed by atoms with Crippen LogP contribution in [0, 0.1) is 0 Å². The van der Waals surface area contributed by atoms with E-state index in [2.05, 4.69) is 35.4 Å². The summed E-state index contributed by atoms with van der Waals surface area (Å²) in [4.78, 5) is 8.56. The molecule has 0 saturated heterocycles. The second kappa shape index (κ2) is 9.55. The zero-order chi connectivity index (χ0) is 15.9. The van der Waals surface area contributed by atoms with Crippen LogP contribution in [0.1, 0.15) is 30.2 Å². The summed E-state index contributed by atoms with van der Waals surface area (Å²) in [6.45, 7) is 2.44. The second-order valence-electron chi connectivity index (χ2n) is 5.56. The molecule has 0 bridgehead atoms. The van der Waals surface area contributed by atoms with Gasteiger partial charge in [-0.1, -0.05) is 6.07 Å². The van der Waals surface area contributed by atoms with E-state index in [4.69, 9.17) is 0 Å². The van der Waals surface area contributed by atoms with Crippen LogP contribution in [0.25, 0.3) is 0 Å². The molecule has 0 aromatic carbocycles. The first kappa shape index (κ1) is 18.6. The van der Waals surface area contributed by atoms with Crippen molar-refractivity contribution in [3.63, 3.8) is 0 Å². The van der Waals surface area contributed by atoms with E-state index in [1.54, 1.807) is 7.05 Å². The molecule has 0 unspecified atom stereocenters. The van der Waals surface area contributed by atoms with Crippen LogP contribution in [0.15, 0.2) is 29.4 Å². The molecule has 0 radical (unpaired) electrons. The average Bonchev–Trinajstić information content (AvgIpc) is 3.02. The van der Waals surface area contributed by atoms with Gasteiger partial charge in [0.25, 0.3) is 0 Å². The molecule has 0 saturated carbocycles. The molecular formula is C16H24IN7. The van der Waals surface area contributed by atoms with Gasteiger partial charge < -0.3 is 15.2 Å². The predicted molar refractivity (Wildman–Crippen MR) is 105 cm³/mol. The Morgan fingerprint density at radius 3 is 2.96 bits per heavy atom. The number of aromatic nitrogens is 4. The lowest BCUT2D eigenvalue weighted by atomic mass is 10.2. The van der Waals surface area contributed by atoms with Gasteiger partial charge in [-0.15, -0.1) is 34.2 Å². The van der Waals surface area contributed by atoms with Crippen LogP contribution in [-0.2, 0) is 25.9 Å². The molecule has 0 fully saturated rings. The van der Waals surface area contributed by atoms with E-state index in [0.29, 0.717) is 6.54 Å². The molecule has 2 aromatic heterocycles. The number of pyridine rings is 1. The van der Waals surface area contributed by atoms with Crippen LogP contribution in [0.3, 0.4) is 0 Å². The fourth-order valence-electron chi connectivity index (χ4n) is 2.74. The highest BCUT2D eigenvalue weighted by atomic mass is 127. The third-order valence-electron chi connectivity index (χ3n) is 3.97. The lowest BCUT2D eigenvalue weighted by Gasteiger charge is -2.16. The number of aliphatic imine (C=N–C) groups is 1. The molecule has 1 aliphatic heterocycles. The molecule has 7 nitrogen and oxygen atoms in total. The van der Waals surface area contributed by atoms with Crippen molar-refractivity contribution < 1.29 is 0 Å². The number of guanidine groups is 1. The summed E-state index contributed by atoms with van der Waals surface area (Å²) in [6.07, 6.45) is 6.13. The van der Waals surface area contributed by atoms with E-state index >= 15 is 0 Å². The lowest BCUT2D eigenvalue weighted by Crippen LogP contribution is -2.38. The van der Waals surface area contributed by atoms with Crippen molar-refractivity contribution in [2.75, 3.05) is 13.6 Å². The van der Waals surface area contributed by atoms with Gasteiger partial charge in [0.2, 0.25) is 0 Å². The summed E-state index contributed by atoms with van der Waals surface area (Å²) >= 11 is 0. The maximum atomic E-state index is 4.31. The first-order valence-electron chi connectivity index (χ1n) is 8.12. The van der Waals surface area contributed by atoms with Crippen molar-refractivity contribution in [3.8, 4) is 0 Å². The lowest BCUT2D eigenvalue weighted by molar-refractivity contribution is 0.504. The summed E-state index contributed by atoms with van der Waals surface area (Å²) < 4.78 is 2.22. The smallest absolute Gasteiger partial charge is 0.191 e. The third kappa shape index (κ3) is 4.89. The van der Waals surface area contributed by atoms with E-state index in [9.17, 15) is 0 Å². The summed E-state index contributed by atoms with van der Waals surface area (Å²) in [7, 11) is 1.77. The highest BCUT2D eigenvalue weighted by Crippen LogP contribution is 2.13. The zero-order valence-electron chi connectivity index (χ0n) is 13.9. The minimum absolute atomic E-state index is 0. The molecule has 3 heterocycles. The van der Waals surface area contributed by atoms with Crippen molar-refractivity contribution in [2.24, 2.45) is 4.99 Å². The van der Waals surface area contributed by atoms with Crippen LogP contribution < -0.4 is 10.6 Å². The highest BCUT2D eigenvalue weighted by molar-refractivity contribution is 14.0. The Kier molecular flexibility index (Phi) is 7.41. The molecule has 0 amide bonds. The average molecular weight is 441 g/mol. The Hall–Kier alpha value is -1.71. The van der Waals surface area contributed by atoms with E-state index in [1.807, 2.05) is 24.4 Å². The Bertz CT molecular complexity index is 654. The molecule has 0 aliphatic carbocycles. The van der Waals surface area contributed by atoms with Gasteiger partial charge in [-0.25, -0.2) is 0 Å². The van der Waals surface area contributed by atoms with Gasteiger partial charge in [0.1, 0.15) is 5.82 Å². The molecule has 1 aliphatic rings. The van der Waals surface area contributed by atoms with Gasteiger partial charge in [-0.2, -0.15) is 0 Å². The SMILES string of the molecule is CN=C(NCCc1ccccn1)NCc1nnc2n1CCCC2.I. The van der Waals surface area contributed by atoms with Gasteiger partial charge in [-0.3, -0.25) is 9.98 Å². The monoisotopic (exact) mass is 441 g/mol. The second-order valence-corrected chi connectivity index (χ2v) is 5.56. The quantitative estimate of drug-likeness (QED) is 0.418. The van der Waals surface area contributed by atoms with Crippen LogP contribution >= 0.6 is 24.0 Å². The number of rotatable bonds is 5. The fraction of sp³-hybridized carbons (Fsp3) is 0.500. The summed E-state index contributed by atoms with van der Waals surface area (Å²) in [5.74, 6) is 2.85. The van der Waals surface area contributed by atoms with E-state index in [1.165, 1.54) is 12.8 Å². The number of fused-ring (bicyclic) bond motifs is 1. The van der Waals surface area contributed by atoms with E-state index < -0.39 is 0 Å². The topological polar surface area (TPSA) is 80.0 Å². The molecule has 130 valence electrons. The Morgan fingerprint density at radius 1 is 1.25 bits per heavy atom. The maximum absolute atomic E-state index is 4.31. The number of hydrogen-bond donors (Lipinski definition) is 2. The van der Waals surface area contributed by atoms with E-state index in [-0.39, 0.29) is 24.0 Å².